The van der Waals surface area contributed by atoms with Crippen molar-refractivity contribution in [3.8, 4) is 34.6 Å². The Morgan fingerprint density at radius 1 is 1.03 bits per heavy atom. The molecule has 11 nitrogen and oxygen atoms in total. The Morgan fingerprint density at radius 3 is 2.52 bits per heavy atom. The van der Waals surface area contributed by atoms with Crippen molar-refractivity contribution in [2.24, 2.45) is 0 Å². The molecule has 5 aliphatic rings. The van der Waals surface area contributed by atoms with E-state index in [0.717, 1.165) is 48.6 Å². The number of rotatable bonds is 7. The summed E-state index contributed by atoms with van der Waals surface area (Å²) in [4.78, 5) is 39.5. The standard InChI is InChI=1S/C48H61F2N7O4Si/c1-27(2)62(28(3)4,29(5)6)20-17-31-13-11-14-32-22-51-23-35(37(31)32)40-39(50)41-38-43(54-45(53-41)59-26-48-18-12-19-55(48)24-33(49)21-48)56-25-34-15-16-36(42(56)30(7)60-44(38)52-40)57(34)46(58)61-47(8,9)10/h11,13-14,22-23,27-30,33-34,36,42H,12,15-16,18-19,21,24-26H2,1-10H3/t30-,33+,34+,36-,42+,48-/m0/s1. The number of anilines is 1. The number of nitrogens with zero attached hydrogens (tertiary/aromatic N) is 7. The second-order valence-electron chi connectivity index (χ2n) is 20.4. The van der Waals surface area contributed by atoms with Gasteiger partial charge in [-0.2, -0.15) is 9.97 Å². The second kappa shape index (κ2) is 15.6. The van der Waals surface area contributed by atoms with Gasteiger partial charge in [-0.15, -0.1) is 5.54 Å². The molecule has 1 aromatic carbocycles. The average molecular weight is 866 g/mol. The van der Waals surface area contributed by atoms with Gasteiger partial charge in [-0.25, -0.2) is 18.6 Å². The molecule has 0 spiro atoms. The molecule has 1 amide bonds. The van der Waals surface area contributed by atoms with Crippen molar-refractivity contribution in [3.05, 3.63) is 42.0 Å². The summed E-state index contributed by atoms with van der Waals surface area (Å²) >= 11 is 0. The fraction of sp³-hybridized carbons (Fsp3) is 0.604. The molecule has 0 aliphatic carbocycles. The van der Waals surface area contributed by atoms with E-state index in [1.165, 1.54) is 0 Å². The number of fused-ring (bicyclic) bond motifs is 7. The van der Waals surface area contributed by atoms with Gasteiger partial charge in [0.05, 0.1) is 23.7 Å². The highest BCUT2D eigenvalue weighted by Gasteiger charge is 2.54. The SMILES string of the molecule is CC(C)[Si](C#Cc1cccc2cncc(-c3nc4c5c(nc(OC[C@@]67CCCN6C[C@H](F)C7)nc5c3F)N3C[C@H]5CC[C@@H]([C@H]3[C@H](C)O4)N5C(=O)OC(C)(C)C)c12)(C(C)C)C(C)C. The van der Waals surface area contributed by atoms with Crippen LogP contribution >= 0.6 is 0 Å². The van der Waals surface area contributed by atoms with Crippen LogP contribution in [0, 0.1) is 17.3 Å². The van der Waals surface area contributed by atoms with Crippen LogP contribution in [0.1, 0.15) is 107 Å². The van der Waals surface area contributed by atoms with E-state index in [9.17, 15) is 9.18 Å². The predicted octanol–water partition coefficient (Wildman–Crippen LogP) is 9.64. The molecule has 9 rings (SSSR count). The Kier molecular flexibility index (Phi) is 10.7. The van der Waals surface area contributed by atoms with Gasteiger partial charge in [0.1, 0.15) is 55.0 Å². The number of ether oxygens (including phenoxy) is 3. The molecular formula is C48H61F2N7O4Si. The van der Waals surface area contributed by atoms with E-state index < -0.39 is 37.3 Å². The first-order valence-corrected chi connectivity index (χ1v) is 24.9. The van der Waals surface area contributed by atoms with Crippen molar-refractivity contribution < 1.29 is 27.8 Å². The number of halogens is 2. The number of alkyl halides is 1. The van der Waals surface area contributed by atoms with Gasteiger partial charge >= 0.3 is 12.1 Å². The van der Waals surface area contributed by atoms with E-state index in [1.807, 2.05) is 50.8 Å². The third-order valence-electron chi connectivity index (χ3n) is 14.6. The highest BCUT2D eigenvalue weighted by Crippen LogP contribution is 2.48. The maximum atomic E-state index is 17.9. The van der Waals surface area contributed by atoms with Gasteiger partial charge in [0.25, 0.3) is 0 Å². The van der Waals surface area contributed by atoms with Gasteiger partial charge < -0.3 is 19.1 Å². The van der Waals surface area contributed by atoms with Gasteiger partial charge in [-0.05, 0) is 82.6 Å². The fourth-order valence-electron chi connectivity index (χ4n) is 12.0. The van der Waals surface area contributed by atoms with Crippen LogP contribution in [0.5, 0.6) is 11.9 Å². The summed E-state index contributed by atoms with van der Waals surface area (Å²) in [5.74, 6) is 3.62. The quantitative estimate of drug-likeness (QED) is 0.132. The van der Waals surface area contributed by atoms with Crippen molar-refractivity contribution in [2.45, 2.75) is 160 Å². The largest absolute Gasteiger partial charge is 0.472 e. The number of hydrogen-bond donors (Lipinski definition) is 0. The van der Waals surface area contributed by atoms with Gasteiger partial charge in [0, 0.05) is 53.8 Å². The maximum absolute atomic E-state index is 17.9. The Morgan fingerprint density at radius 2 is 1.79 bits per heavy atom. The Balaban J connectivity index is 1.21. The van der Waals surface area contributed by atoms with Crippen LogP contribution in [0.25, 0.3) is 32.9 Å². The molecular weight excluding hydrogens is 805 g/mol. The van der Waals surface area contributed by atoms with Crippen molar-refractivity contribution in [1.29, 1.82) is 0 Å². The third-order valence-corrected chi connectivity index (χ3v) is 20.9. The maximum Gasteiger partial charge on any atom is 0.410 e. The monoisotopic (exact) mass is 865 g/mol. The van der Waals surface area contributed by atoms with Crippen molar-refractivity contribution >= 4 is 41.7 Å². The predicted molar refractivity (Wildman–Crippen MR) is 241 cm³/mol. The lowest BCUT2D eigenvalue weighted by Gasteiger charge is -2.48. The van der Waals surface area contributed by atoms with Crippen molar-refractivity contribution in [3.63, 3.8) is 0 Å². The van der Waals surface area contributed by atoms with Gasteiger partial charge in [0.15, 0.2) is 5.82 Å². The molecule has 0 unspecified atom stereocenters. The number of aromatic nitrogens is 4. The van der Waals surface area contributed by atoms with E-state index in [-0.39, 0.29) is 53.9 Å². The molecule has 0 saturated carbocycles. The first-order valence-electron chi connectivity index (χ1n) is 22.7. The number of pyridine rings is 2. The van der Waals surface area contributed by atoms with Gasteiger partial charge in [0.2, 0.25) is 5.88 Å². The van der Waals surface area contributed by atoms with E-state index >= 15 is 4.39 Å². The van der Waals surface area contributed by atoms with Crippen molar-refractivity contribution in [2.75, 3.05) is 31.1 Å². The van der Waals surface area contributed by atoms with E-state index in [4.69, 9.17) is 29.2 Å². The van der Waals surface area contributed by atoms with Crippen LogP contribution in [0.3, 0.4) is 0 Å². The molecule has 14 heteroatoms. The van der Waals surface area contributed by atoms with Crippen LogP contribution in [0.15, 0.2) is 30.6 Å². The molecule has 4 saturated heterocycles. The lowest BCUT2D eigenvalue weighted by Crippen LogP contribution is -2.65. The molecule has 6 atom stereocenters. The van der Waals surface area contributed by atoms with Crippen molar-refractivity contribution in [1.82, 2.24) is 29.7 Å². The van der Waals surface area contributed by atoms with Gasteiger partial charge in [-0.1, -0.05) is 59.6 Å². The Labute approximate surface area is 365 Å². The van der Waals surface area contributed by atoms with E-state index in [0.29, 0.717) is 52.9 Å². The average Bonchev–Trinajstić information content (AvgIpc) is 3.81. The van der Waals surface area contributed by atoms with Crippen LogP contribution < -0.4 is 14.4 Å². The minimum atomic E-state index is -2.13. The molecule has 8 heterocycles. The number of carbonyl (C=O) groups is 1. The molecule has 0 N–H and O–H groups in total. The molecule has 62 heavy (non-hydrogen) atoms. The molecule has 4 aromatic rings. The summed E-state index contributed by atoms with van der Waals surface area (Å²) in [6.45, 7) is 23.1. The summed E-state index contributed by atoms with van der Waals surface area (Å²) in [7, 11) is -2.13. The highest BCUT2D eigenvalue weighted by atomic mass is 28.3. The van der Waals surface area contributed by atoms with E-state index in [2.05, 4.69) is 67.8 Å². The fourth-order valence-corrected chi connectivity index (χ4v) is 17.3. The van der Waals surface area contributed by atoms with E-state index in [1.54, 1.807) is 12.4 Å². The minimum Gasteiger partial charge on any atom is -0.472 e. The molecule has 330 valence electrons. The highest BCUT2D eigenvalue weighted by molar-refractivity contribution is 6.90. The first-order chi connectivity index (χ1) is 29.4. The summed E-state index contributed by atoms with van der Waals surface area (Å²) in [5, 5.41) is 1.91. The third kappa shape index (κ3) is 6.96. The summed E-state index contributed by atoms with van der Waals surface area (Å²) < 4.78 is 52.1. The summed E-state index contributed by atoms with van der Waals surface area (Å²) in [6.07, 6.45) is 5.27. The van der Waals surface area contributed by atoms with Crippen LogP contribution in [-0.2, 0) is 4.74 Å². The van der Waals surface area contributed by atoms with Crippen LogP contribution in [0.4, 0.5) is 19.4 Å². The topological polar surface area (TPSA) is 106 Å². The smallest absolute Gasteiger partial charge is 0.410 e. The zero-order valence-electron chi connectivity index (χ0n) is 37.9. The zero-order valence-corrected chi connectivity index (χ0v) is 38.9. The molecule has 2 bridgehead atoms. The Hall–Kier alpha value is -4.61. The summed E-state index contributed by atoms with van der Waals surface area (Å²) in [6, 6.07) is 5.14. The Bertz CT molecular complexity index is 2460. The minimum absolute atomic E-state index is 0.00760. The lowest BCUT2D eigenvalue weighted by atomic mass is 9.95. The number of carbonyl (C=O) groups excluding carboxylic acids is 1. The molecule has 0 radical (unpaired) electrons. The molecule has 3 aromatic heterocycles. The number of hydrogen-bond acceptors (Lipinski definition) is 10. The number of benzene rings is 1. The normalized spacial score (nSPS) is 25.9. The number of piperazine rings is 1. The first kappa shape index (κ1) is 42.7. The second-order valence-corrected chi connectivity index (χ2v) is 26.0. The molecule has 4 fully saturated rings. The lowest BCUT2D eigenvalue weighted by molar-refractivity contribution is 0.000935. The zero-order chi connectivity index (χ0) is 44.0. The van der Waals surface area contributed by atoms with Crippen LogP contribution in [-0.4, -0.2) is 112 Å². The number of amides is 1. The van der Waals surface area contributed by atoms with Gasteiger partial charge in [-0.3, -0.25) is 14.8 Å². The van der Waals surface area contributed by atoms with Crippen LogP contribution in [0.2, 0.25) is 16.6 Å². The summed E-state index contributed by atoms with van der Waals surface area (Å²) in [5.41, 5.74) is 5.34. The molecule has 5 aliphatic heterocycles.